The zero-order valence-corrected chi connectivity index (χ0v) is 20.5. The Morgan fingerprint density at radius 2 is 1.46 bits per heavy atom. The second-order valence-corrected chi connectivity index (χ2v) is 9.67. The van der Waals surface area contributed by atoms with E-state index in [1.54, 1.807) is 12.1 Å². The van der Waals surface area contributed by atoms with Crippen molar-refractivity contribution in [1.82, 2.24) is 0 Å². The van der Waals surface area contributed by atoms with E-state index in [-0.39, 0.29) is 11.8 Å². The van der Waals surface area contributed by atoms with Gasteiger partial charge in [0.1, 0.15) is 5.70 Å². The van der Waals surface area contributed by atoms with Gasteiger partial charge in [0, 0.05) is 24.5 Å². The summed E-state index contributed by atoms with van der Waals surface area (Å²) in [7, 11) is 0. The second-order valence-electron chi connectivity index (χ2n) is 9.67. The van der Waals surface area contributed by atoms with Gasteiger partial charge >= 0.3 is 0 Å². The number of aryl methyl sites for hydroxylation is 2. The Kier molecular flexibility index (Phi) is 6.16. The van der Waals surface area contributed by atoms with E-state index in [0.717, 1.165) is 41.4 Å². The maximum absolute atomic E-state index is 13.6. The van der Waals surface area contributed by atoms with Crippen molar-refractivity contribution in [3.8, 4) is 0 Å². The molecule has 35 heavy (non-hydrogen) atoms. The Morgan fingerprint density at radius 1 is 0.771 bits per heavy atom. The van der Waals surface area contributed by atoms with Gasteiger partial charge in [0.05, 0.1) is 11.3 Å². The van der Waals surface area contributed by atoms with Gasteiger partial charge in [-0.25, -0.2) is 4.90 Å². The number of nitrogens with zero attached hydrogens (tertiary/aromatic N) is 2. The first-order valence-corrected chi connectivity index (χ1v) is 12.3. The molecule has 2 aliphatic rings. The number of piperidine rings is 1. The van der Waals surface area contributed by atoms with Crippen molar-refractivity contribution in [2.24, 2.45) is 5.92 Å². The molecule has 5 nitrogen and oxygen atoms in total. The second kappa shape index (κ2) is 9.41. The molecule has 2 amide bonds. The Balaban J connectivity index is 1.49. The Hall–Kier alpha value is -3.86. The van der Waals surface area contributed by atoms with Gasteiger partial charge in [-0.15, -0.1) is 0 Å². The largest absolute Gasteiger partial charge is 0.372 e. The van der Waals surface area contributed by atoms with Crippen molar-refractivity contribution < 1.29 is 9.59 Å². The fourth-order valence-corrected chi connectivity index (χ4v) is 4.79. The summed E-state index contributed by atoms with van der Waals surface area (Å²) in [6.45, 7) is 8.49. The maximum Gasteiger partial charge on any atom is 0.282 e. The Labute approximate surface area is 207 Å². The average molecular weight is 466 g/mol. The van der Waals surface area contributed by atoms with E-state index in [0.29, 0.717) is 17.0 Å². The minimum absolute atomic E-state index is 0.307. The summed E-state index contributed by atoms with van der Waals surface area (Å²) < 4.78 is 0. The lowest BCUT2D eigenvalue weighted by molar-refractivity contribution is -0.120. The zero-order valence-electron chi connectivity index (χ0n) is 20.5. The molecule has 2 heterocycles. The van der Waals surface area contributed by atoms with Crippen LogP contribution in [0.1, 0.15) is 36.5 Å². The van der Waals surface area contributed by atoms with Gasteiger partial charge in [-0.1, -0.05) is 43.3 Å². The number of rotatable bonds is 5. The van der Waals surface area contributed by atoms with Crippen LogP contribution < -0.4 is 15.1 Å². The third kappa shape index (κ3) is 4.46. The fourth-order valence-electron chi connectivity index (χ4n) is 4.79. The van der Waals surface area contributed by atoms with Gasteiger partial charge in [-0.2, -0.15) is 0 Å². The van der Waals surface area contributed by atoms with Crippen LogP contribution in [0.4, 0.5) is 17.1 Å². The van der Waals surface area contributed by atoms with E-state index in [1.807, 2.05) is 62.4 Å². The van der Waals surface area contributed by atoms with E-state index < -0.39 is 0 Å². The molecular formula is C30H31N3O2. The molecule has 1 saturated heterocycles. The predicted octanol–water partition coefficient (Wildman–Crippen LogP) is 5.94. The summed E-state index contributed by atoms with van der Waals surface area (Å²) in [5, 5.41) is 3.29. The summed E-state index contributed by atoms with van der Waals surface area (Å²) in [5.74, 6) is 0.121. The van der Waals surface area contributed by atoms with Crippen molar-refractivity contribution in [3.05, 3.63) is 95.2 Å². The minimum Gasteiger partial charge on any atom is -0.372 e. The molecule has 1 N–H and O–H groups in total. The molecule has 0 atom stereocenters. The molecule has 0 radical (unpaired) electrons. The van der Waals surface area contributed by atoms with Gasteiger partial charge in [0.25, 0.3) is 11.8 Å². The van der Waals surface area contributed by atoms with Crippen LogP contribution in [-0.2, 0) is 9.59 Å². The van der Waals surface area contributed by atoms with Crippen LogP contribution in [0.5, 0.6) is 0 Å². The Morgan fingerprint density at radius 3 is 2.11 bits per heavy atom. The topological polar surface area (TPSA) is 52.7 Å². The van der Waals surface area contributed by atoms with E-state index in [9.17, 15) is 9.59 Å². The molecule has 0 unspecified atom stereocenters. The molecule has 3 aromatic carbocycles. The van der Waals surface area contributed by atoms with Crippen LogP contribution >= 0.6 is 0 Å². The normalized spacial score (nSPS) is 16.9. The molecule has 5 heteroatoms. The first kappa shape index (κ1) is 22.9. The molecule has 3 aromatic rings. The molecule has 0 spiro atoms. The molecule has 0 bridgehead atoms. The lowest BCUT2D eigenvalue weighted by Crippen LogP contribution is -2.32. The van der Waals surface area contributed by atoms with Crippen LogP contribution in [-0.4, -0.2) is 24.9 Å². The van der Waals surface area contributed by atoms with Crippen LogP contribution in [0.3, 0.4) is 0 Å². The number of para-hydroxylation sites is 1. The molecule has 0 aromatic heterocycles. The number of benzene rings is 3. The lowest BCUT2D eigenvalue weighted by atomic mass is 9.99. The molecule has 1 fully saturated rings. The quantitative estimate of drug-likeness (QED) is 0.474. The highest BCUT2D eigenvalue weighted by molar-refractivity contribution is 6.46. The van der Waals surface area contributed by atoms with Crippen molar-refractivity contribution in [3.63, 3.8) is 0 Å². The summed E-state index contributed by atoms with van der Waals surface area (Å²) in [6, 6.07) is 23.1. The molecule has 178 valence electrons. The number of hydrogen-bond acceptors (Lipinski definition) is 4. The van der Waals surface area contributed by atoms with Crippen LogP contribution in [0.15, 0.2) is 78.5 Å². The summed E-state index contributed by atoms with van der Waals surface area (Å²) in [5.41, 5.74) is 6.20. The maximum atomic E-state index is 13.6. The van der Waals surface area contributed by atoms with Crippen LogP contribution in [0.25, 0.3) is 5.57 Å². The predicted molar refractivity (Wildman–Crippen MR) is 142 cm³/mol. The number of nitrogens with one attached hydrogen (secondary N) is 1. The zero-order chi connectivity index (χ0) is 24.5. The minimum atomic E-state index is -0.344. The fraction of sp³-hybridized carbons (Fsp3) is 0.267. The van der Waals surface area contributed by atoms with E-state index in [1.165, 1.54) is 23.4 Å². The summed E-state index contributed by atoms with van der Waals surface area (Å²) >= 11 is 0. The van der Waals surface area contributed by atoms with Crippen molar-refractivity contribution >= 4 is 34.4 Å². The van der Waals surface area contributed by atoms with E-state index in [2.05, 4.69) is 29.3 Å². The average Bonchev–Trinajstić information content (AvgIpc) is 3.11. The first-order valence-electron chi connectivity index (χ1n) is 12.3. The molecule has 0 saturated carbocycles. The van der Waals surface area contributed by atoms with E-state index >= 15 is 0 Å². The highest BCUT2D eigenvalue weighted by atomic mass is 16.2. The van der Waals surface area contributed by atoms with Crippen LogP contribution in [0, 0.1) is 19.8 Å². The number of carbonyl (C=O) groups excluding carboxylic acids is 2. The van der Waals surface area contributed by atoms with Gasteiger partial charge < -0.3 is 10.2 Å². The molecule has 0 aliphatic carbocycles. The van der Waals surface area contributed by atoms with Gasteiger partial charge in [0.2, 0.25) is 0 Å². The van der Waals surface area contributed by atoms with Crippen molar-refractivity contribution in [1.29, 1.82) is 0 Å². The SMILES string of the molecule is Cc1ccc(C2=C(Nc3ccc(N4CCC(C)CC4)cc3)C(=O)N(c3ccccc3)C2=O)cc1C. The smallest absolute Gasteiger partial charge is 0.282 e. The standard InChI is InChI=1S/C30H31N3O2/c1-20-15-17-32(18-16-20)25-13-11-24(12-14-25)31-28-27(23-10-9-21(2)22(3)19-23)29(34)33(30(28)35)26-7-5-4-6-8-26/h4-14,19-20,31H,15-18H2,1-3H3. The third-order valence-corrected chi connectivity index (χ3v) is 7.18. The number of carbonyl (C=O) groups is 2. The highest BCUT2D eigenvalue weighted by Crippen LogP contribution is 2.34. The number of amides is 2. The summed E-state index contributed by atoms with van der Waals surface area (Å²) in [4.78, 5) is 30.8. The number of hydrogen-bond donors (Lipinski definition) is 1. The molecule has 5 rings (SSSR count). The summed E-state index contributed by atoms with van der Waals surface area (Å²) in [6.07, 6.45) is 2.41. The Bertz CT molecular complexity index is 1290. The highest BCUT2D eigenvalue weighted by Gasteiger charge is 2.40. The molecule has 2 aliphatic heterocycles. The number of imide groups is 1. The van der Waals surface area contributed by atoms with Gasteiger partial charge in [0.15, 0.2) is 0 Å². The monoisotopic (exact) mass is 465 g/mol. The third-order valence-electron chi connectivity index (χ3n) is 7.18. The first-order chi connectivity index (χ1) is 16.9. The van der Waals surface area contributed by atoms with Gasteiger partial charge in [-0.3, -0.25) is 9.59 Å². The van der Waals surface area contributed by atoms with E-state index in [4.69, 9.17) is 0 Å². The lowest BCUT2D eigenvalue weighted by Gasteiger charge is -2.32. The number of anilines is 3. The van der Waals surface area contributed by atoms with Crippen molar-refractivity contribution in [2.45, 2.75) is 33.6 Å². The van der Waals surface area contributed by atoms with Crippen molar-refractivity contribution in [2.75, 3.05) is 28.2 Å². The van der Waals surface area contributed by atoms with Gasteiger partial charge in [-0.05, 0) is 85.7 Å². The van der Waals surface area contributed by atoms with Crippen LogP contribution in [0.2, 0.25) is 0 Å². The molecular weight excluding hydrogens is 434 g/mol.